The van der Waals surface area contributed by atoms with Gasteiger partial charge in [0.25, 0.3) is 0 Å². The van der Waals surface area contributed by atoms with Crippen LogP contribution in [0.5, 0.6) is 0 Å². The molecule has 0 aliphatic rings. The molecule has 1 heterocycles. The van der Waals surface area contributed by atoms with Crippen LogP contribution >= 0.6 is 39.0 Å². The second-order valence-electron chi connectivity index (χ2n) is 3.73. The van der Waals surface area contributed by atoms with Gasteiger partial charge in [-0.15, -0.1) is 11.3 Å². The van der Waals surface area contributed by atoms with Gasteiger partial charge >= 0.3 is 12.0 Å². The Morgan fingerprint density at radius 1 is 1.58 bits per heavy atom. The van der Waals surface area contributed by atoms with Crippen molar-refractivity contribution >= 4 is 51.0 Å². The van der Waals surface area contributed by atoms with Crippen molar-refractivity contribution in [3.8, 4) is 0 Å². The molecule has 8 heteroatoms. The van der Waals surface area contributed by atoms with Crippen LogP contribution in [-0.4, -0.2) is 35.2 Å². The molecule has 1 rings (SSSR count). The van der Waals surface area contributed by atoms with Gasteiger partial charge in [0.1, 0.15) is 6.04 Å². The van der Waals surface area contributed by atoms with Crippen molar-refractivity contribution in [3.63, 3.8) is 0 Å². The first-order chi connectivity index (χ1) is 9.02. The Morgan fingerprint density at radius 3 is 2.84 bits per heavy atom. The van der Waals surface area contributed by atoms with Gasteiger partial charge in [0, 0.05) is 14.7 Å². The molecule has 0 unspecified atom stereocenters. The number of hydrogen-bond donors (Lipinski definition) is 3. The maximum absolute atomic E-state index is 11.6. The Balaban J connectivity index is 2.37. The van der Waals surface area contributed by atoms with Crippen molar-refractivity contribution < 1.29 is 14.7 Å². The minimum absolute atomic E-state index is 0.386. The summed E-state index contributed by atoms with van der Waals surface area (Å²) in [6.45, 7) is 0.386. The minimum Gasteiger partial charge on any atom is -0.480 e. The fourth-order valence-corrected chi connectivity index (χ4v) is 3.18. The molecule has 106 valence electrons. The van der Waals surface area contributed by atoms with Crippen molar-refractivity contribution in [3.05, 3.63) is 20.8 Å². The Bertz CT molecular complexity index is 439. The van der Waals surface area contributed by atoms with Gasteiger partial charge in [-0.25, -0.2) is 9.59 Å². The number of carboxylic acid groups (broad SMARTS) is 1. The summed E-state index contributed by atoms with van der Waals surface area (Å²) >= 11 is 6.40. The number of rotatable bonds is 7. The Hall–Kier alpha value is -0.730. The molecular formula is C11H15BrN2O3S2. The van der Waals surface area contributed by atoms with E-state index in [9.17, 15) is 9.59 Å². The molecule has 1 aromatic heterocycles. The number of amides is 2. The van der Waals surface area contributed by atoms with Gasteiger partial charge in [0.15, 0.2) is 0 Å². The Labute approximate surface area is 128 Å². The maximum atomic E-state index is 11.6. The number of nitrogens with one attached hydrogen (secondary N) is 2. The third-order valence-corrected chi connectivity index (χ3v) is 4.60. The summed E-state index contributed by atoms with van der Waals surface area (Å²) < 4.78 is 0.970. The number of halogens is 1. The quantitative estimate of drug-likeness (QED) is 0.692. The van der Waals surface area contributed by atoms with Crippen molar-refractivity contribution in [2.24, 2.45) is 0 Å². The summed E-state index contributed by atoms with van der Waals surface area (Å²) in [6, 6.07) is 0.605. The fourth-order valence-electron chi connectivity index (χ4n) is 1.32. The largest absolute Gasteiger partial charge is 0.480 e. The molecule has 1 atom stereocenters. The van der Waals surface area contributed by atoms with E-state index in [4.69, 9.17) is 5.11 Å². The number of thioether (sulfide) groups is 1. The smallest absolute Gasteiger partial charge is 0.326 e. The molecule has 0 saturated heterocycles. The second kappa shape index (κ2) is 8.44. The van der Waals surface area contributed by atoms with Crippen molar-refractivity contribution in [1.82, 2.24) is 10.6 Å². The average Bonchev–Trinajstić information content (AvgIpc) is 2.77. The molecule has 0 bridgehead atoms. The highest BCUT2D eigenvalue weighted by Crippen LogP contribution is 2.19. The topological polar surface area (TPSA) is 78.4 Å². The van der Waals surface area contributed by atoms with E-state index in [1.807, 2.05) is 17.7 Å². The molecule has 0 aliphatic carbocycles. The van der Waals surface area contributed by atoms with Gasteiger partial charge in [-0.2, -0.15) is 11.8 Å². The zero-order chi connectivity index (χ0) is 14.3. The van der Waals surface area contributed by atoms with Gasteiger partial charge in [-0.3, -0.25) is 0 Å². The summed E-state index contributed by atoms with van der Waals surface area (Å²) in [6.07, 6.45) is 2.31. The predicted molar refractivity (Wildman–Crippen MR) is 81.8 cm³/mol. The van der Waals surface area contributed by atoms with E-state index >= 15 is 0 Å². The standard InChI is InChI=1S/C11H15BrN2O3S2/c1-18-3-2-9(10(15)16)14-11(17)13-5-8-4-7(12)6-19-8/h4,6,9H,2-3,5H2,1H3,(H,15,16)(H2,13,14,17)/t9-/m1/s1. The van der Waals surface area contributed by atoms with Gasteiger partial charge in [0.05, 0.1) is 6.54 Å². The highest BCUT2D eigenvalue weighted by atomic mass is 79.9. The number of aliphatic carboxylic acids is 1. The van der Waals surface area contributed by atoms with Crippen molar-refractivity contribution in [2.75, 3.05) is 12.0 Å². The van der Waals surface area contributed by atoms with Crippen LogP contribution in [0.1, 0.15) is 11.3 Å². The summed E-state index contributed by atoms with van der Waals surface area (Å²) in [5.41, 5.74) is 0. The van der Waals surface area contributed by atoms with E-state index in [-0.39, 0.29) is 0 Å². The molecule has 2 amide bonds. The number of hydrogen-bond acceptors (Lipinski definition) is 4. The van der Waals surface area contributed by atoms with Crippen molar-refractivity contribution in [2.45, 2.75) is 19.0 Å². The predicted octanol–water partition coefficient (Wildman–Crippen LogP) is 2.52. The van der Waals surface area contributed by atoms with E-state index in [0.29, 0.717) is 18.7 Å². The highest BCUT2D eigenvalue weighted by molar-refractivity contribution is 9.10. The molecule has 0 saturated carbocycles. The second-order valence-corrected chi connectivity index (χ2v) is 6.63. The molecule has 0 fully saturated rings. The first kappa shape index (κ1) is 16.3. The van der Waals surface area contributed by atoms with E-state index < -0.39 is 18.0 Å². The number of carbonyl (C=O) groups is 2. The first-order valence-corrected chi connectivity index (χ1v) is 8.58. The lowest BCUT2D eigenvalue weighted by Crippen LogP contribution is -2.46. The van der Waals surface area contributed by atoms with Crippen LogP contribution in [0.15, 0.2) is 15.9 Å². The van der Waals surface area contributed by atoms with Crippen LogP contribution in [0, 0.1) is 0 Å². The van der Waals surface area contributed by atoms with E-state index in [1.165, 1.54) is 11.3 Å². The number of carbonyl (C=O) groups excluding carboxylic acids is 1. The van der Waals surface area contributed by atoms with Gasteiger partial charge in [-0.05, 0) is 40.4 Å². The molecular weight excluding hydrogens is 352 g/mol. The highest BCUT2D eigenvalue weighted by Gasteiger charge is 2.19. The van der Waals surface area contributed by atoms with Crippen LogP contribution in [0.3, 0.4) is 0 Å². The van der Waals surface area contributed by atoms with Gasteiger partial charge in [-0.1, -0.05) is 0 Å². The van der Waals surface area contributed by atoms with Gasteiger partial charge in [0.2, 0.25) is 0 Å². The first-order valence-electron chi connectivity index (χ1n) is 5.52. The van der Waals surface area contributed by atoms with E-state index in [0.717, 1.165) is 9.35 Å². The summed E-state index contributed by atoms with van der Waals surface area (Å²) in [5, 5.41) is 16.0. The molecule has 19 heavy (non-hydrogen) atoms. The summed E-state index contributed by atoms with van der Waals surface area (Å²) in [4.78, 5) is 23.6. The van der Waals surface area contributed by atoms with Crippen LogP contribution < -0.4 is 10.6 Å². The summed E-state index contributed by atoms with van der Waals surface area (Å²) in [5.74, 6) is -0.321. The molecule has 0 spiro atoms. The van der Waals surface area contributed by atoms with Crippen molar-refractivity contribution in [1.29, 1.82) is 0 Å². The fraction of sp³-hybridized carbons (Fsp3) is 0.455. The Morgan fingerprint density at radius 2 is 2.32 bits per heavy atom. The number of thiophene rings is 1. The zero-order valence-electron chi connectivity index (χ0n) is 10.3. The minimum atomic E-state index is -1.01. The maximum Gasteiger partial charge on any atom is 0.326 e. The van der Waals surface area contributed by atoms with E-state index in [2.05, 4.69) is 26.6 Å². The van der Waals surface area contributed by atoms with Crippen LogP contribution in [-0.2, 0) is 11.3 Å². The molecule has 3 N–H and O–H groups in total. The third-order valence-electron chi connectivity index (χ3n) is 2.26. The van der Waals surface area contributed by atoms with E-state index in [1.54, 1.807) is 11.8 Å². The van der Waals surface area contributed by atoms with Crippen LogP contribution in [0.4, 0.5) is 4.79 Å². The lowest BCUT2D eigenvalue weighted by atomic mass is 10.2. The number of carboxylic acids is 1. The average molecular weight is 367 g/mol. The van der Waals surface area contributed by atoms with Gasteiger partial charge < -0.3 is 15.7 Å². The molecule has 0 aromatic carbocycles. The van der Waals surface area contributed by atoms with Crippen LogP contribution in [0.2, 0.25) is 0 Å². The number of urea groups is 1. The monoisotopic (exact) mass is 366 g/mol. The Kier molecular flexibility index (Phi) is 7.25. The molecule has 0 aliphatic heterocycles. The third kappa shape index (κ3) is 6.31. The normalized spacial score (nSPS) is 11.9. The lowest BCUT2D eigenvalue weighted by molar-refractivity contribution is -0.139. The SMILES string of the molecule is CSCC[C@@H](NC(=O)NCc1cc(Br)cs1)C(=O)O. The van der Waals surface area contributed by atoms with Crippen LogP contribution in [0.25, 0.3) is 0 Å². The molecule has 0 radical (unpaired) electrons. The molecule has 1 aromatic rings. The lowest BCUT2D eigenvalue weighted by Gasteiger charge is -2.14. The summed E-state index contributed by atoms with van der Waals surface area (Å²) in [7, 11) is 0. The zero-order valence-corrected chi connectivity index (χ0v) is 13.5. The molecule has 5 nitrogen and oxygen atoms in total.